The van der Waals surface area contributed by atoms with Crippen molar-refractivity contribution in [3.8, 4) is 0 Å². The third-order valence-corrected chi connectivity index (χ3v) is 8.33. The molecule has 2 heterocycles. The summed E-state index contributed by atoms with van der Waals surface area (Å²) in [6.07, 6.45) is 2.96. The van der Waals surface area contributed by atoms with Crippen molar-refractivity contribution in [3.63, 3.8) is 0 Å². The second kappa shape index (κ2) is 7.09. The Morgan fingerprint density at radius 3 is 2.79 bits per heavy atom. The smallest absolute Gasteiger partial charge is 0.262 e. The van der Waals surface area contributed by atoms with Gasteiger partial charge in [-0.3, -0.25) is 9.52 Å². The van der Waals surface area contributed by atoms with Crippen LogP contribution in [0.4, 0.5) is 11.4 Å². The van der Waals surface area contributed by atoms with Gasteiger partial charge in [0.05, 0.1) is 10.6 Å². The molecule has 2 aliphatic rings. The van der Waals surface area contributed by atoms with Crippen LogP contribution in [-0.4, -0.2) is 20.9 Å². The van der Waals surface area contributed by atoms with E-state index >= 15 is 0 Å². The van der Waals surface area contributed by atoms with Gasteiger partial charge in [-0.15, -0.1) is 0 Å². The fraction of sp³-hybridized carbons (Fsp3) is 0.269. The Hall–Kier alpha value is -3.32. The summed E-state index contributed by atoms with van der Waals surface area (Å²) >= 11 is 0. The Bertz CT molecular complexity index is 1570. The number of hydrogen-bond acceptors (Lipinski definition) is 4. The molecule has 3 aromatic carbocycles. The number of carbonyl (C=O) groups is 1. The van der Waals surface area contributed by atoms with Crippen LogP contribution in [0.25, 0.3) is 21.7 Å². The zero-order valence-corrected chi connectivity index (χ0v) is 19.3. The molecule has 6 rings (SSSR count). The largest absolute Gasteiger partial charge is 0.461 e. The minimum atomic E-state index is -3.88. The van der Waals surface area contributed by atoms with Crippen molar-refractivity contribution >= 4 is 49.0 Å². The lowest BCUT2D eigenvalue weighted by Crippen LogP contribution is -2.25. The van der Waals surface area contributed by atoms with Crippen molar-refractivity contribution in [1.29, 1.82) is 0 Å². The first-order valence-electron chi connectivity index (χ1n) is 11.3. The maximum absolute atomic E-state index is 13.5. The number of amides is 1. The van der Waals surface area contributed by atoms with Gasteiger partial charge in [0.15, 0.2) is 0 Å². The molecule has 0 bridgehead atoms. The van der Waals surface area contributed by atoms with Crippen molar-refractivity contribution in [2.75, 3.05) is 16.2 Å². The van der Waals surface area contributed by atoms with E-state index in [9.17, 15) is 13.2 Å². The van der Waals surface area contributed by atoms with Crippen LogP contribution in [0.15, 0.2) is 57.8 Å². The van der Waals surface area contributed by atoms with Gasteiger partial charge in [0.2, 0.25) is 0 Å². The first-order valence-corrected chi connectivity index (χ1v) is 12.8. The summed E-state index contributed by atoms with van der Waals surface area (Å²) in [5.74, 6) is 1.50. The second-order valence-corrected chi connectivity index (χ2v) is 10.7. The fourth-order valence-electron chi connectivity index (χ4n) is 5.29. The van der Waals surface area contributed by atoms with Crippen LogP contribution in [0.3, 0.4) is 0 Å². The highest BCUT2D eigenvalue weighted by Crippen LogP contribution is 2.41. The van der Waals surface area contributed by atoms with E-state index in [1.165, 1.54) is 5.56 Å². The van der Waals surface area contributed by atoms with Gasteiger partial charge in [-0.2, -0.15) is 0 Å². The van der Waals surface area contributed by atoms with Gasteiger partial charge in [-0.1, -0.05) is 19.1 Å². The molecule has 0 saturated carbocycles. The number of rotatable bonds is 4. The minimum absolute atomic E-state index is 0.0926. The monoisotopic (exact) mass is 460 g/mol. The quantitative estimate of drug-likeness (QED) is 0.437. The van der Waals surface area contributed by atoms with Gasteiger partial charge in [0, 0.05) is 45.9 Å². The van der Waals surface area contributed by atoms with Crippen LogP contribution in [0.5, 0.6) is 0 Å². The van der Waals surface area contributed by atoms with Gasteiger partial charge < -0.3 is 9.32 Å². The molecule has 0 spiro atoms. The van der Waals surface area contributed by atoms with Crippen molar-refractivity contribution in [2.24, 2.45) is 5.92 Å². The number of carbonyl (C=O) groups excluding carboxylic acids is 1. The fourth-order valence-corrected chi connectivity index (χ4v) is 6.55. The van der Waals surface area contributed by atoms with Crippen molar-refractivity contribution in [2.45, 2.75) is 38.0 Å². The van der Waals surface area contributed by atoms with Crippen LogP contribution in [-0.2, 0) is 22.9 Å². The molecule has 168 valence electrons. The third-order valence-electron chi connectivity index (χ3n) is 6.89. The molecule has 0 fully saturated rings. The van der Waals surface area contributed by atoms with Crippen LogP contribution in [0, 0.1) is 5.92 Å². The van der Waals surface area contributed by atoms with Crippen LogP contribution < -0.4 is 9.62 Å². The molecular weight excluding hydrogens is 436 g/mol. The van der Waals surface area contributed by atoms with E-state index in [4.69, 9.17) is 4.42 Å². The highest BCUT2D eigenvalue weighted by molar-refractivity contribution is 7.93. The number of nitrogens with one attached hydrogen (secondary N) is 1. The van der Waals surface area contributed by atoms with E-state index in [1.54, 1.807) is 41.3 Å². The maximum Gasteiger partial charge on any atom is 0.262 e. The lowest BCUT2D eigenvalue weighted by Gasteiger charge is -2.17. The predicted octanol–water partition coefficient (Wildman–Crippen LogP) is 5.49. The molecule has 4 aromatic rings. The SMILES string of the molecule is CCN1C(=O)c2cccc3c(S(=O)(=O)Nc4ccc5oc6c(c5c4)C[C@H](C)CC6)ccc1c23. The van der Waals surface area contributed by atoms with E-state index < -0.39 is 10.0 Å². The van der Waals surface area contributed by atoms with Crippen molar-refractivity contribution in [1.82, 2.24) is 0 Å². The summed E-state index contributed by atoms with van der Waals surface area (Å²) in [5, 5.41) is 2.22. The van der Waals surface area contributed by atoms with Crippen molar-refractivity contribution < 1.29 is 17.6 Å². The van der Waals surface area contributed by atoms with Crippen molar-refractivity contribution in [3.05, 3.63) is 65.4 Å². The van der Waals surface area contributed by atoms with Gasteiger partial charge in [0.25, 0.3) is 15.9 Å². The Kier molecular flexibility index (Phi) is 4.36. The maximum atomic E-state index is 13.5. The predicted molar refractivity (Wildman–Crippen MR) is 130 cm³/mol. The van der Waals surface area contributed by atoms with E-state index in [2.05, 4.69) is 11.6 Å². The molecule has 1 amide bonds. The van der Waals surface area contributed by atoms with Gasteiger partial charge in [-0.05, 0) is 62.1 Å². The van der Waals surface area contributed by atoms with E-state index in [-0.39, 0.29) is 10.8 Å². The van der Waals surface area contributed by atoms with E-state index in [1.807, 2.05) is 19.1 Å². The Morgan fingerprint density at radius 2 is 1.97 bits per heavy atom. The third kappa shape index (κ3) is 2.99. The number of fused-ring (bicyclic) bond motifs is 3. The topological polar surface area (TPSA) is 79.6 Å². The van der Waals surface area contributed by atoms with Crippen LogP contribution in [0.1, 0.15) is 41.9 Å². The van der Waals surface area contributed by atoms with Crippen LogP contribution in [0.2, 0.25) is 0 Å². The summed E-state index contributed by atoms with van der Waals surface area (Å²) in [7, 11) is -3.88. The molecule has 0 unspecified atom stereocenters. The standard InChI is InChI=1S/C26H24N2O4S/c1-3-28-21-9-12-24(17-5-4-6-18(25(17)21)26(28)29)33(30,31)27-16-8-11-23-20(14-16)19-13-15(2)7-10-22(19)32-23/h4-6,8-9,11-12,14-15,27H,3,7,10,13H2,1-2H3/t15-/m1/s1. The zero-order chi connectivity index (χ0) is 22.9. The number of anilines is 2. The van der Waals surface area contributed by atoms with Gasteiger partial charge in [0.1, 0.15) is 11.3 Å². The Balaban J connectivity index is 1.43. The molecule has 7 heteroatoms. The number of benzene rings is 3. The molecule has 33 heavy (non-hydrogen) atoms. The molecule has 1 atom stereocenters. The first-order chi connectivity index (χ1) is 15.9. The molecule has 1 aliphatic heterocycles. The second-order valence-electron chi connectivity index (χ2n) is 9.03. The normalized spacial score (nSPS) is 17.7. The van der Waals surface area contributed by atoms with Crippen LogP contribution >= 0.6 is 0 Å². The highest BCUT2D eigenvalue weighted by atomic mass is 32.2. The summed E-state index contributed by atoms with van der Waals surface area (Å²) in [4.78, 5) is 14.6. The first kappa shape index (κ1) is 20.3. The molecule has 1 aliphatic carbocycles. The van der Waals surface area contributed by atoms with Gasteiger partial charge in [-0.25, -0.2) is 8.42 Å². The molecule has 6 nitrogen and oxygen atoms in total. The number of nitrogens with zero attached hydrogens (tertiary/aromatic N) is 1. The molecule has 0 saturated heterocycles. The van der Waals surface area contributed by atoms with Gasteiger partial charge >= 0.3 is 0 Å². The summed E-state index contributed by atoms with van der Waals surface area (Å²) in [5.41, 5.74) is 3.78. The van der Waals surface area contributed by atoms with E-state index in [0.717, 1.165) is 41.7 Å². The number of aryl methyl sites for hydroxylation is 1. The lowest BCUT2D eigenvalue weighted by atomic mass is 9.88. The zero-order valence-electron chi connectivity index (χ0n) is 18.5. The Morgan fingerprint density at radius 1 is 1.12 bits per heavy atom. The lowest BCUT2D eigenvalue weighted by molar-refractivity contribution is 0.0994. The number of sulfonamides is 1. The van der Waals surface area contributed by atoms with E-state index in [0.29, 0.717) is 34.5 Å². The Labute approximate surface area is 192 Å². The molecule has 1 aromatic heterocycles. The number of furan rings is 1. The summed E-state index contributed by atoms with van der Waals surface area (Å²) in [6.45, 7) is 4.67. The summed E-state index contributed by atoms with van der Waals surface area (Å²) < 4.78 is 35.7. The average Bonchev–Trinajstić information content (AvgIpc) is 3.29. The number of hydrogen-bond donors (Lipinski definition) is 1. The molecular formula is C26H24N2O4S. The minimum Gasteiger partial charge on any atom is -0.461 e. The molecule has 1 N–H and O–H groups in total. The molecule has 0 radical (unpaired) electrons. The average molecular weight is 461 g/mol. The summed E-state index contributed by atoms with van der Waals surface area (Å²) in [6, 6.07) is 14.0. The highest BCUT2D eigenvalue weighted by Gasteiger charge is 2.31.